The van der Waals surface area contributed by atoms with Crippen molar-refractivity contribution in [3.05, 3.63) is 65.0 Å². The summed E-state index contributed by atoms with van der Waals surface area (Å²) in [7, 11) is 1.52. The SMILES string of the molecule is CCCOc1ccc([C@H]2/C(=C(\O)c3ccc(F)cc3)C(=O)C(=O)N2CCN(CC)CC)cc1OC. The van der Waals surface area contributed by atoms with Gasteiger partial charge in [-0.25, -0.2) is 4.39 Å². The molecule has 0 spiro atoms. The molecule has 1 aliphatic rings. The van der Waals surface area contributed by atoms with Crippen molar-refractivity contribution in [2.45, 2.75) is 33.2 Å². The minimum Gasteiger partial charge on any atom is -0.507 e. The van der Waals surface area contributed by atoms with Gasteiger partial charge in [0.15, 0.2) is 11.5 Å². The second-order valence-corrected chi connectivity index (χ2v) is 8.29. The molecule has 1 amide bonds. The van der Waals surface area contributed by atoms with Crippen LogP contribution < -0.4 is 9.47 Å². The summed E-state index contributed by atoms with van der Waals surface area (Å²) in [5.41, 5.74) is 0.826. The van der Waals surface area contributed by atoms with E-state index in [1.807, 2.05) is 20.8 Å². The second-order valence-electron chi connectivity index (χ2n) is 8.29. The average Bonchev–Trinajstić information content (AvgIpc) is 3.13. The molecule has 1 fully saturated rings. The Balaban J connectivity index is 2.12. The number of likely N-dealkylation sites (tertiary alicyclic amines) is 1. The Morgan fingerprint density at radius 3 is 2.34 bits per heavy atom. The third kappa shape index (κ3) is 5.65. The molecule has 8 heteroatoms. The third-order valence-corrected chi connectivity index (χ3v) is 6.17. The predicted molar refractivity (Wildman–Crippen MR) is 132 cm³/mol. The van der Waals surface area contributed by atoms with E-state index < -0.39 is 23.5 Å². The van der Waals surface area contributed by atoms with E-state index in [4.69, 9.17) is 9.47 Å². The van der Waals surface area contributed by atoms with E-state index in [0.29, 0.717) is 36.8 Å². The smallest absolute Gasteiger partial charge is 0.295 e. The fraction of sp³-hybridized carbons (Fsp3) is 0.407. The number of carbonyl (C=O) groups is 2. The van der Waals surface area contributed by atoms with Crippen LogP contribution in [0.15, 0.2) is 48.0 Å². The molecule has 7 nitrogen and oxygen atoms in total. The van der Waals surface area contributed by atoms with Gasteiger partial charge >= 0.3 is 0 Å². The highest BCUT2D eigenvalue weighted by Gasteiger charge is 2.46. The van der Waals surface area contributed by atoms with E-state index in [1.54, 1.807) is 18.2 Å². The lowest BCUT2D eigenvalue weighted by Crippen LogP contribution is -2.38. The number of rotatable bonds is 11. The van der Waals surface area contributed by atoms with Gasteiger partial charge in [-0.05, 0) is 61.5 Å². The lowest BCUT2D eigenvalue weighted by atomic mass is 9.95. The fourth-order valence-electron chi connectivity index (χ4n) is 4.19. The van der Waals surface area contributed by atoms with Crippen molar-refractivity contribution in [2.75, 3.05) is 39.9 Å². The first-order chi connectivity index (χ1) is 16.9. The number of halogens is 1. The van der Waals surface area contributed by atoms with Crippen LogP contribution in [0.2, 0.25) is 0 Å². The number of ether oxygens (including phenoxy) is 2. The molecule has 0 saturated carbocycles. The molecular weight excluding hydrogens is 451 g/mol. The molecule has 3 rings (SSSR count). The zero-order valence-electron chi connectivity index (χ0n) is 20.7. The highest BCUT2D eigenvalue weighted by Crippen LogP contribution is 2.42. The molecule has 0 unspecified atom stereocenters. The Hall–Kier alpha value is -3.39. The lowest BCUT2D eigenvalue weighted by Gasteiger charge is -2.28. The Morgan fingerprint density at radius 2 is 1.74 bits per heavy atom. The van der Waals surface area contributed by atoms with E-state index in [2.05, 4.69) is 4.90 Å². The number of methoxy groups -OCH3 is 1. The lowest BCUT2D eigenvalue weighted by molar-refractivity contribution is -0.140. The molecule has 0 bridgehead atoms. The second kappa shape index (κ2) is 11.8. The van der Waals surface area contributed by atoms with Crippen molar-refractivity contribution >= 4 is 17.4 Å². The van der Waals surface area contributed by atoms with Gasteiger partial charge in [0.2, 0.25) is 0 Å². The van der Waals surface area contributed by atoms with Crippen molar-refractivity contribution < 1.29 is 28.6 Å². The summed E-state index contributed by atoms with van der Waals surface area (Å²) >= 11 is 0. The van der Waals surface area contributed by atoms with Crippen LogP contribution in [-0.4, -0.2) is 66.5 Å². The monoisotopic (exact) mass is 484 g/mol. The van der Waals surface area contributed by atoms with Gasteiger partial charge in [0, 0.05) is 18.7 Å². The number of aliphatic hydroxyl groups excluding tert-OH is 1. The number of amides is 1. The number of likely N-dealkylation sites (N-methyl/N-ethyl adjacent to an activating group) is 1. The number of hydrogen-bond acceptors (Lipinski definition) is 6. The van der Waals surface area contributed by atoms with Gasteiger partial charge in [0.05, 0.1) is 25.3 Å². The van der Waals surface area contributed by atoms with Crippen LogP contribution in [-0.2, 0) is 9.59 Å². The van der Waals surface area contributed by atoms with Crippen LogP contribution in [0.4, 0.5) is 4.39 Å². The van der Waals surface area contributed by atoms with Crippen LogP contribution in [0.1, 0.15) is 44.4 Å². The van der Waals surface area contributed by atoms with Crippen LogP contribution in [0.5, 0.6) is 11.5 Å². The topological polar surface area (TPSA) is 79.3 Å². The molecule has 2 aromatic rings. The standard InChI is InChI=1S/C27H33FN2O5/c1-5-16-35-21-13-10-19(17-22(21)34-4)24-23(25(31)18-8-11-20(28)12-9-18)26(32)27(33)30(24)15-14-29(6-2)7-3/h8-13,17,24,31H,5-7,14-16H2,1-4H3/b25-23+/t24-/m0/s1. The minimum atomic E-state index is -0.829. The largest absolute Gasteiger partial charge is 0.507 e. The molecule has 1 N–H and O–H groups in total. The zero-order valence-corrected chi connectivity index (χ0v) is 20.7. The molecule has 2 aromatic carbocycles. The van der Waals surface area contributed by atoms with Crippen molar-refractivity contribution in [2.24, 2.45) is 0 Å². The first-order valence-corrected chi connectivity index (χ1v) is 11.9. The molecule has 0 aromatic heterocycles. The van der Waals surface area contributed by atoms with Gasteiger partial charge < -0.3 is 24.4 Å². The van der Waals surface area contributed by atoms with Crippen molar-refractivity contribution in [1.29, 1.82) is 0 Å². The number of Topliss-reactive ketones (excluding diaryl/α,β-unsaturated/α-hetero) is 1. The minimum absolute atomic E-state index is 0.0366. The number of nitrogens with zero attached hydrogens (tertiary/aromatic N) is 2. The van der Waals surface area contributed by atoms with Gasteiger partial charge in [-0.1, -0.05) is 26.8 Å². The fourth-order valence-corrected chi connectivity index (χ4v) is 4.19. The highest BCUT2D eigenvalue weighted by molar-refractivity contribution is 6.46. The predicted octanol–water partition coefficient (Wildman–Crippen LogP) is 4.39. The van der Waals surface area contributed by atoms with E-state index >= 15 is 0 Å². The number of hydrogen-bond donors (Lipinski definition) is 1. The molecule has 1 heterocycles. The summed E-state index contributed by atoms with van der Waals surface area (Å²) in [5.74, 6) is -1.25. The van der Waals surface area contributed by atoms with E-state index in [0.717, 1.165) is 19.5 Å². The molecule has 35 heavy (non-hydrogen) atoms. The molecule has 1 atom stereocenters. The normalized spacial score (nSPS) is 17.3. The van der Waals surface area contributed by atoms with Crippen molar-refractivity contribution in [3.63, 3.8) is 0 Å². The number of carbonyl (C=O) groups excluding carboxylic acids is 2. The average molecular weight is 485 g/mol. The summed E-state index contributed by atoms with van der Waals surface area (Å²) < 4.78 is 24.7. The summed E-state index contributed by atoms with van der Waals surface area (Å²) in [6.45, 7) is 9.06. The van der Waals surface area contributed by atoms with Crippen molar-refractivity contribution in [1.82, 2.24) is 9.80 Å². The Labute approximate surface area is 205 Å². The van der Waals surface area contributed by atoms with E-state index in [1.165, 1.54) is 36.3 Å². The number of benzene rings is 2. The first kappa shape index (κ1) is 26.2. The van der Waals surface area contributed by atoms with Crippen LogP contribution in [0.25, 0.3) is 5.76 Å². The molecule has 1 aliphatic heterocycles. The number of aliphatic hydroxyl groups is 1. The summed E-state index contributed by atoms with van der Waals surface area (Å²) in [6.07, 6.45) is 0.827. The quantitative estimate of drug-likeness (QED) is 0.290. The van der Waals surface area contributed by atoms with Crippen molar-refractivity contribution in [3.8, 4) is 11.5 Å². The van der Waals surface area contributed by atoms with Gasteiger partial charge in [0.25, 0.3) is 11.7 Å². The molecule has 188 valence electrons. The Morgan fingerprint density at radius 1 is 1.06 bits per heavy atom. The molecule has 0 radical (unpaired) electrons. The molecule has 1 saturated heterocycles. The molecular formula is C27H33FN2O5. The van der Waals surface area contributed by atoms with Crippen LogP contribution in [0, 0.1) is 5.82 Å². The Kier molecular flexibility index (Phi) is 8.87. The van der Waals surface area contributed by atoms with E-state index in [-0.39, 0.29) is 16.9 Å². The van der Waals surface area contributed by atoms with Crippen LogP contribution >= 0.6 is 0 Å². The first-order valence-electron chi connectivity index (χ1n) is 11.9. The highest BCUT2D eigenvalue weighted by atomic mass is 19.1. The summed E-state index contributed by atoms with van der Waals surface area (Å²) in [6, 6.07) is 9.57. The number of ketones is 1. The Bertz CT molecular complexity index is 1080. The third-order valence-electron chi connectivity index (χ3n) is 6.17. The van der Waals surface area contributed by atoms with Gasteiger partial charge in [-0.3, -0.25) is 9.59 Å². The van der Waals surface area contributed by atoms with Crippen LogP contribution in [0.3, 0.4) is 0 Å². The van der Waals surface area contributed by atoms with Gasteiger partial charge in [-0.15, -0.1) is 0 Å². The maximum absolute atomic E-state index is 13.5. The summed E-state index contributed by atoms with van der Waals surface area (Å²) in [4.78, 5) is 29.9. The van der Waals surface area contributed by atoms with Gasteiger partial charge in [0.1, 0.15) is 11.6 Å². The maximum atomic E-state index is 13.5. The van der Waals surface area contributed by atoms with Gasteiger partial charge in [-0.2, -0.15) is 0 Å². The van der Waals surface area contributed by atoms with E-state index in [9.17, 15) is 19.1 Å². The summed E-state index contributed by atoms with van der Waals surface area (Å²) in [5, 5.41) is 11.1. The molecule has 0 aliphatic carbocycles. The zero-order chi connectivity index (χ0) is 25.5. The maximum Gasteiger partial charge on any atom is 0.295 e.